The highest BCUT2D eigenvalue weighted by molar-refractivity contribution is 5.36. The fraction of sp³-hybridized carbons (Fsp3) is 0.294. The van der Waals surface area contributed by atoms with Gasteiger partial charge in [-0.3, -0.25) is 0 Å². The van der Waals surface area contributed by atoms with Crippen molar-refractivity contribution in [3.05, 3.63) is 70.5 Å². The van der Waals surface area contributed by atoms with E-state index in [0.29, 0.717) is 17.7 Å². The van der Waals surface area contributed by atoms with E-state index >= 15 is 0 Å². The molecule has 0 fully saturated rings. The zero-order valence-electron chi connectivity index (χ0n) is 12.1. The summed E-state index contributed by atoms with van der Waals surface area (Å²) in [6, 6.07) is 7.75. The Morgan fingerprint density at radius 3 is 2.52 bits per heavy atom. The molecule has 0 heterocycles. The standard InChI is InChI=1S/C17H18F3N/c1-3-9-21-17(12-5-4-6-13(18)10-12)15-14(19)8-7-11(2)16(15)20/h4-8,10,17,21H,3,9H2,1-2H3. The number of aryl methyl sites for hydroxylation is 1. The fourth-order valence-corrected chi connectivity index (χ4v) is 2.30. The third kappa shape index (κ3) is 3.45. The highest BCUT2D eigenvalue weighted by Crippen LogP contribution is 2.29. The number of benzene rings is 2. The van der Waals surface area contributed by atoms with Crippen LogP contribution in [0.25, 0.3) is 0 Å². The summed E-state index contributed by atoms with van der Waals surface area (Å²) in [6.07, 6.45) is 0.806. The molecule has 4 heteroatoms. The van der Waals surface area contributed by atoms with Crippen molar-refractivity contribution in [1.29, 1.82) is 0 Å². The molecule has 0 saturated carbocycles. The van der Waals surface area contributed by atoms with Gasteiger partial charge in [0, 0.05) is 5.56 Å². The molecule has 2 aromatic rings. The van der Waals surface area contributed by atoms with Crippen LogP contribution in [0.3, 0.4) is 0 Å². The molecular formula is C17H18F3N. The van der Waals surface area contributed by atoms with Crippen molar-refractivity contribution < 1.29 is 13.2 Å². The third-order valence-corrected chi connectivity index (χ3v) is 3.39. The zero-order valence-corrected chi connectivity index (χ0v) is 12.1. The molecule has 0 aromatic heterocycles. The SMILES string of the molecule is CCCNC(c1cccc(F)c1)c1c(F)ccc(C)c1F. The van der Waals surface area contributed by atoms with Crippen LogP contribution in [0.1, 0.15) is 36.1 Å². The van der Waals surface area contributed by atoms with Crippen molar-refractivity contribution in [1.82, 2.24) is 5.32 Å². The third-order valence-electron chi connectivity index (χ3n) is 3.39. The molecule has 0 bridgehead atoms. The Kier molecular flexibility index (Phi) is 5.02. The van der Waals surface area contributed by atoms with Crippen molar-refractivity contribution in [3.63, 3.8) is 0 Å². The quantitative estimate of drug-likeness (QED) is 0.855. The molecule has 2 rings (SSSR count). The first-order valence-corrected chi connectivity index (χ1v) is 6.98. The Morgan fingerprint density at radius 1 is 1.10 bits per heavy atom. The van der Waals surface area contributed by atoms with Gasteiger partial charge >= 0.3 is 0 Å². The first-order valence-electron chi connectivity index (χ1n) is 6.98. The first kappa shape index (κ1) is 15.6. The monoisotopic (exact) mass is 293 g/mol. The van der Waals surface area contributed by atoms with Crippen LogP contribution >= 0.6 is 0 Å². The minimum Gasteiger partial charge on any atom is -0.306 e. The minimum absolute atomic E-state index is 0.0611. The van der Waals surface area contributed by atoms with Gasteiger partial charge in [-0.1, -0.05) is 25.1 Å². The molecular weight excluding hydrogens is 275 g/mol. The van der Waals surface area contributed by atoms with E-state index in [9.17, 15) is 13.2 Å². The predicted octanol–water partition coefficient (Wildman–Crippen LogP) is 4.50. The lowest BCUT2D eigenvalue weighted by Gasteiger charge is -2.21. The predicted molar refractivity (Wildman–Crippen MR) is 77.6 cm³/mol. The van der Waals surface area contributed by atoms with E-state index in [2.05, 4.69) is 5.32 Å². The normalized spacial score (nSPS) is 12.4. The minimum atomic E-state index is -0.708. The van der Waals surface area contributed by atoms with E-state index in [0.717, 1.165) is 6.42 Å². The highest BCUT2D eigenvalue weighted by Gasteiger charge is 2.23. The maximum absolute atomic E-state index is 14.4. The molecule has 2 aromatic carbocycles. The van der Waals surface area contributed by atoms with Crippen molar-refractivity contribution in [3.8, 4) is 0 Å². The molecule has 1 N–H and O–H groups in total. The van der Waals surface area contributed by atoms with Crippen molar-refractivity contribution in [2.75, 3.05) is 6.54 Å². The lowest BCUT2D eigenvalue weighted by Crippen LogP contribution is -2.25. The van der Waals surface area contributed by atoms with Crippen LogP contribution in [0.15, 0.2) is 36.4 Å². The van der Waals surface area contributed by atoms with Gasteiger partial charge < -0.3 is 5.32 Å². The maximum atomic E-state index is 14.4. The number of nitrogens with one attached hydrogen (secondary N) is 1. The molecule has 0 saturated heterocycles. The van der Waals surface area contributed by atoms with E-state index in [1.54, 1.807) is 13.0 Å². The average Bonchev–Trinajstić information content (AvgIpc) is 2.46. The molecule has 0 aliphatic carbocycles. The Bertz CT molecular complexity index is 625. The average molecular weight is 293 g/mol. The van der Waals surface area contributed by atoms with Gasteiger partial charge in [-0.05, 0) is 49.2 Å². The number of rotatable bonds is 5. The Morgan fingerprint density at radius 2 is 1.86 bits per heavy atom. The van der Waals surface area contributed by atoms with Gasteiger partial charge in [0.15, 0.2) is 0 Å². The first-order chi connectivity index (χ1) is 10.0. The smallest absolute Gasteiger partial charge is 0.134 e. The second-order valence-electron chi connectivity index (χ2n) is 5.03. The lowest BCUT2D eigenvalue weighted by molar-refractivity contribution is 0.497. The van der Waals surface area contributed by atoms with Crippen LogP contribution in [0.5, 0.6) is 0 Å². The lowest BCUT2D eigenvalue weighted by atomic mass is 9.95. The second kappa shape index (κ2) is 6.76. The summed E-state index contributed by atoms with van der Waals surface area (Å²) in [5.41, 5.74) is 0.812. The fourth-order valence-electron chi connectivity index (χ4n) is 2.30. The van der Waals surface area contributed by atoms with Crippen molar-refractivity contribution in [2.24, 2.45) is 0 Å². The van der Waals surface area contributed by atoms with E-state index in [1.165, 1.54) is 30.3 Å². The molecule has 1 atom stereocenters. The van der Waals surface area contributed by atoms with Gasteiger partial charge in [0.2, 0.25) is 0 Å². The largest absolute Gasteiger partial charge is 0.306 e. The van der Waals surface area contributed by atoms with Crippen LogP contribution in [0.4, 0.5) is 13.2 Å². The molecule has 21 heavy (non-hydrogen) atoms. The molecule has 0 amide bonds. The zero-order chi connectivity index (χ0) is 15.4. The van der Waals surface area contributed by atoms with Gasteiger partial charge in [-0.25, -0.2) is 13.2 Å². The van der Waals surface area contributed by atoms with Crippen LogP contribution in [0, 0.1) is 24.4 Å². The molecule has 0 aliphatic rings. The number of hydrogen-bond acceptors (Lipinski definition) is 1. The van der Waals surface area contributed by atoms with Crippen LogP contribution in [0.2, 0.25) is 0 Å². The summed E-state index contributed by atoms with van der Waals surface area (Å²) in [5.74, 6) is -1.65. The summed E-state index contributed by atoms with van der Waals surface area (Å²) in [5, 5.41) is 3.09. The van der Waals surface area contributed by atoms with E-state index in [1.807, 2.05) is 6.92 Å². The summed E-state index contributed by atoms with van der Waals surface area (Å²) in [7, 11) is 0. The van der Waals surface area contributed by atoms with Crippen LogP contribution in [-0.2, 0) is 0 Å². The van der Waals surface area contributed by atoms with Crippen LogP contribution in [-0.4, -0.2) is 6.54 Å². The van der Waals surface area contributed by atoms with Gasteiger partial charge in [0.05, 0.1) is 6.04 Å². The molecule has 1 unspecified atom stereocenters. The molecule has 1 nitrogen and oxygen atoms in total. The Labute approximate surface area is 122 Å². The van der Waals surface area contributed by atoms with E-state index in [-0.39, 0.29) is 5.56 Å². The van der Waals surface area contributed by atoms with Crippen molar-refractivity contribution >= 4 is 0 Å². The number of hydrogen-bond donors (Lipinski definition) is 1. The summed E-state index contributed by atoms with van der Waals surface area (Å²) in [6.45, 7) is 4.12. The Hall–Kier alpha value is -1.81. The van der Waals surface area contributed by atoms with Crippen LogP contribution < -0.4 is 5.32 Å². The summed E-state index contributed by atoms with van der Waals surface area (Å²) < 4.78 is 41.9. The van der Waals surface area contributed by atoms with E-state index in [4.69, 9.17) is 0 Å². The van der Waals surface area contributed by atoms with Gasteiger partial charge in [-0.2, -0.15) is 0 Å². The van der Waals surface area contributed by atoms with Crippen molar-refractivity contribution in [2.45, 2.75) is 26.3 Å². The molecule has 0 aliphatic heterocycles. The van der Waals surface area contributed by atoms with Gasteiger partial charge in [0.25, 0.3) is 0 Å². The van der Waals surface area contributed by atoms with Gasteiger partial charge in [-0.15, -0.1) is 0 Å². The molecule has 112 valence electrons. The summed E-state index contributed by atoms with van der Waals surface area (Å²) >= 11 is 0. The molecule has 0 radical (unpaired) electrons. The second-order valence-corrected chi connectivity index (χ2v) is 5.03. The topological polar surface area (TPSA) is 12.0 Å². The Balaban J connectivity index is 2.53. The summed E-state index contributed by atoms with van der Waals surface area (Å²) in [4.78, 5) is 0. The number of halogens is 3. The van der Waals surface area contributed by atoms with Gasteiger partial charge in [0.1, 0.15) is 17.5 Å². The van der Waals surface area contributed by atoms with E-state index < -0.39 is 23.5 Å². The maximum Gasteiger partial charge on any atom is 0.134 e. The highest BCUT2D eigenvalue weighted by atomic mass is 19.1. The molecule has 0 spiro atoms.